The fourth-order valence-electron chi connectivity index (χ4n) is 1.94. The molecule has 2 heterocycles. The third-order valence-corrected chi connectivity index (χ3v) is 2.76. The van der Waals surface area contributed by atoms with Gasteiger partial charge in [-0.3, -0.25) is 14.0 Å². The van der Waals surface area contributed by atoms with E-state index in [1.807, 2.05) is 0 Å². The summed E-state index contributed by atoms with van der Waals surface area (Å²) >= 11 is 0. The minimum absolute atomic E-state index is 0.230. The van der Waals surface area contributed by atoms with E-state index >= 15 is 0 Å². The van der Waals surface area contributed by atoms with E-state index in [1.54, 1.807) is 6.92 Å². The molecule has 0 atom stereocenters. The zero-order chi connectivity index (χ0) is 13.8. The first kappa shape index (κ1) is 13.3. The summed E-state index contributed by atoms with van der Waals surface area (Å²) in [6, 6.07) is 0. The highest BCUT2D eigenvalue weighted by atomic mass is 16.5. The van der Waals surface area contributed by atoms with Gasteiger partial charge in [-0.2, -0.15) is 0 Å². The highest BCUT2D eigenvalue weighted by Crippen LogP contribution is 2.10. The van der Waals surface area contributed by atoms with Crippen LogP contribution in [0.4, 0.5) is 0 Å². The van der Waals surface area contributed by atoms with Crippen LogP contribution in [0.25, 0.3) is 5.52 Å². The lowest BCUT2D eigenvalue weighted by Gasteiger charge is -2.05. The maximum Gasteiger partial charge on any atom is 0.357 e. The number of hydrogen-bond acceptors (Lipinski definition) is 5. The predicted molar refractivity (Wildman–Crippen MR) is 69.1 cm³/mol. The smallest absolute Gasteiger partial charge is 0.357 e. The minimum Gasteiger partial charge on any atom is -0.461 e. The number of aromatic nitrogens is 3. The van der Waals surface area contributed by atoms with E-state index in [-0.39, 0.29) is 18.0 Å². The van der Waals surface area contributed by atoms with E-state index in [4.69, 9.17) is 10.5 Å². The first-order valence-corrected chi connectivity index (χ1v) is 6.12. The Labute approximate surface area is 109 Å². The molecule has 2 aromatic rings. The highest BCUT2D eigenvalue weighted by molar-refractivity contribution is 5.95. The second kappa shape index (κ2) is 5.66. The second-order valence-electron chi connectivity index (χ2n) is 3.98. The number of esters is 1. The Bertz CT molecular complexity index is 644. The van der Waals surface area contributed by atoms with Crippen LogP contribution in [-0.4, -0.2) is 33.1 Å². The molecule has 0 aromatic carbocycles. The number of nitrogens with two attached hydrogens (primary N) is 1. The molecule has 0 aliphatic rings. The minimum atomic E-state index is -0.521. The third kappa shape index (κ3) is 2.37. The number of ether oxygens (including phenoxy) is 1. The van der Waals surface area contributed by atoms with Crippen molar-refractivity contribution >= 4 is 11.5 Å². The molecule has 0 radical (unpaired) electrons. The number of hydrogen-bond donors (Lipinski definition) is 1. The molecule has 0 bridgehead atoms. The Morgan fingerprint density at radius 1 is 1.53 bits per heavy atom. The lowest BCUT2D eigenvalue weighted by molar-refractivity contribution is 0.0515. The van der Waals surface area contributed by atoms with Gasteiger partial charge >= 0.3 is 11.7 Å². The van der Waals surface area contributed by atoms with Gasteiger partial charge in [0.05, 0.1) is 18.3 Å². The lowest BCUT2D eigenvalue weighted by Crippen LogP contribution is -2.24. The summed E-state index contributed by atoms with van der Waals surface area (Å²) in [5.74, 6) is -0.521. The van der Waals surface area contributed by atoms with Crippen LogP contribution in [0.15, 0.2) is 23.4 Å². The first-order chi connectivity index (χ1) is 9.20. The molecule has 2 rings (SSSR count). The van der Waals surface area contributed by atoms with Crippen molar-refractivity contribution < 1.29 is 9.53 Å². The molecule has 0 amide bonds. The van der Waals surface area contributed by atoms with E-state index in [0.29, 0.717) is 25.0 Å². The van der Waals surface area contributed by atoms with Crippen molar-refractivity contribution in [2.45, 2.75) is 19.9 Å². The van der Waals surface area contributed by atoms with E-state index in [2.05, 4.69) is 4.98 Å². The summed E-state index contributed by atoms with van der Waals surface area (Å²) in [6.45, 7) is 2.79. The number of carbonyl (C=O) groups excluding carboxylic acids is 1. The molecular formula is C12H16N4O3. The van der Waals surface area contributed by atoms with Crippen LogP contribution >= 0.6 is 0 Å². The fraction of sp³-hybridized carbons (Fsp3) is 0.417. The molecule has 102 valence electrons. The maximum absolute atomic E-state index is 12.2. The van der Waals surface area contributed by atoms with Crippen molar-refractivity contribution in [3.63, 3.8) is 0 Å². The SMILES string of the molecule is CCOC(=O)c1c2cnccn2c(=O)n1CCCN. The quantitative estimate of drug-likeness (QED) is 0.769. The van der Waals surface area contributed by atoms with Gasteiger partial charge in [-0.15, -0.1) is 0 Å². The summed E-state index contributed by atoms with van der Waals surface area (Å²) in [5, 5.41) is 0. The monoisotopic (exact) mass is 264 g/mol. The molecule has 0 fully saturated rings. The first-order valence-electron chi connectivity index (χ1n) is 6.12. The Balaban J connectivity index is 2.62. The summed E-state index contributed by atoms with van der Waals surface area (Å²) in [5.41, 5.74) is 5.85. The second-order valence-corrected chi connectivity index (χ2v) is 3.98. The van der Waals surface area contributed by atoms with Crippen LogP contribution in [0.3, 0.4) is 0 Å². The molecule has 2 aromatic heterocycles. The zero-order valence-corrected chi connectivity index (χ0v) is 10.7. The van der Waals surface area contributed by atoms with Crippen molar-refractivity contribution in [3.05, 3.63) is 34.8 Å². The standard InChI is InChI=1S/C12H16N4O3/c1-2-19-11(17)10-9-8-14-5-7-15(9)12(18)16(10)6-3-4-13/h5,7-8H,2-4,6,13H2,1H3. The zero-order valence-electron chi connectivity index (χ0n) is 10.7. The predicted octanol–water partition coefficient (Wildman–Crippen LogP) is 0.0215. The van der Waals surface area contributed by atoms with Gasteiger partial charge in [-0.05, 0) is 19.9 Å². The van der Waals surface area contributed by atoms with E-state index < -0.39 is 5.97 Å². The molecule has 0 spiro atoms. The topological polar surface area (TPSA) is 91.6 Å². The normalized spacial score (nSPS) is 10.8. The number of imidazole rings is 1. The Kier molecular flexibility index (Phi) is 3.96. The lowest BCUT2D eigenvalue weighted by atomic mass is 10.3. The van der Waals surface area contributed by atoms with Crippen LogP contribution in [0, 0.1) is 0 Å². The summed E-state index contributed by atoms with van der Waals surface area (Å²) < 4.78 is 7.77. The molecular weight excluding hydrogens is 248 g/mol. The van der Waals surface area contributed by atoms with Crippen molar-refractivity contribution in [1.29, 1.82) is 0 Å². The molecule has 0 saturated carbocycles. The number of fused-ring (bicyclic) bond motifs is 1. The average Bonchev–Trinajstić information content (AvgIpc) is 2.70. The van der Waals surface area contributed by atoms with Crippen molar-refractivity contribution in [3.8, 4) is 0 Å². The van der Waals surface area contributed by atoms with Gasteiger partial charge in [-0.25, -0.2) is 9.59 Å². The van der Waals surface area contributed by atoms with Gasteiger partial charge < -0.3 is 10.5 Å². The van der Waals surface area contributed by atoms with Gasteiger partial charge in [0.15, 0.2) is 5.69 Å². The Morgan fingerprint density at radius 3 is 3.00 bits per heavy atom. The van der Waals surface area contributed by atoms with Crippen molar-refractivity contribution in [1.82, 2.24) is 14.0 Å². The number of nitrogens with zero attached hydrogens (tertiary/aromatic N) is 3. The molecule has 7 nitrogen and oxygen atoms in total. The molecule has 2 N–H and O–H groups in total. The fourth-order valence-corrected chi connectivity index (χ4v) is 1.94. The molecule has 0 aliphatic heterocycles. The van der Waals surface area contributed by atoms with Crippen LogP contribution in [-0.2, 0) is 11.3 Å². The number of carbonyl (C=O) groups is 1. The van der Waals surface area contributed by atoms with Gasteiger partial charge in [0, 0.05) is 18.9 Å². The molecule has 0 unspecified atom stereocenters. The van der Waals surface area contributed by atoms with Crippen LogP contribution < -0.4 is 11.4 Å². The van der Waals surface area contributed by atoms with Crippen LogP contribution in [0.2, 0.25) is 0 Å². The summed E-state index contributed by atoms with van der Waals surface area (Å²) in [7, 11) is 0. The van der Waals surface area contributed by atoms with Gasteiger partial charge in [0.2, 0.25) is 0 Å². The van der Waals surface area contributed by atoms with E-state index in [1.165, 1.54) is 27.6 Å². The van der Waals surface area contributed by atoms with E-state index in [0.717, 1.165) is 0 Å². The molecule has 19 heavy (non-hydrogen) atoms. The van der Waals surface area contributed by atoms with Crippen LogP contribution in [0.5, 0.6) is 0 Å². The third-order valence-electron chi connectivity index (χ3n) is 2.76. The molecule has 0 saturated heterocycles. The highest BCUT2D eigenvalue weighted by Gasteiger charge is 2.21. The van der Waals surface area contributed by atoms with Crippen molar-refractivity contribution in [2.24, 2.45) is 5.73 Å². The average molecular weight is 264 g/mol. The van der Waals surface area contributed by atoms with Gasteiger partial charge in [0.25, 0.3) is 0 Å². The maximum atomic E-state index is 12.2. The van der Waals surface area contributed by atoms with E-state index in [9.17, 15) is 9.59 Å². The Hall–Kier alpha value is -2.15. The largest absolute Gasteiger partial charge is 0.461 e. The van der Waals surface area contributed by atoms with Crippen LogP contribution in [0.1, 0.15) is 23.8 Å². The van der Waals surface area contributed by atoms with Gasteiger partial charge in [0.1, 0.15) is 0 Å². The summed E-state index contributed by atoms with van der Waals surface area (Å²) in [6.07, 6.45) is 5.11. The van der Waals surface area contributed by atoms with Crippen molar-refractivity contribution in [2.75, 3.05) is 13.2 Å². The number of rotatable bonds is 5. The Morgan fingerprint density at radius 2 is 2.32 bits per heavy atom. The van der Waals surface area contributed by atoms with Gasteiger partial charge in [-0.1, -0.05) is 0 Å². The molecule has 0 aliphatic carbocycles. The molecule has 7 heteroatoms. The summed E-state index contributed by atoms with van der Waals surface area (Å²) in [4.78, 5) is 28.2.